The Kier molecular flexibility index (Phi) is 5.51. The highest BCUT2D eigenvalue weighted by Crippen LogP contribution is 2.11. The molecule has 0 aliphatic heterocycles. The van der Waals surface area contributed by atoms with Crippen LogP contribution < -0.4 is 4.74 Å². The van der Waals surface area contributed by atoms with Gasteiger partial charge in [-0.3, -0.25) is 9.00 Å². The van der Waals surface area contributed by atoms with Crippen molar-refractivity contribution in [3.63, 3.8) is 0 Å². The number of ether oxygens (including phenoxy) is 1. The second kappa shape index (κ2) is 7.59. The number of rotatable bonds is 7. The minimum atomic E-state index is -1.15. The minimum Gasteiger partial charge on any atom is -0.493 e. The van der Waals surface area contributed by atoms with Crippen molar-refractivity contribution in [1.29, 1.82) is 0 Å². The standard InChI is InChI=1S/C16H16O4S/c17-16(18)12-13-6-8-15(9-7-13)21(19)11-10-20-14-4-2-1-3-5-14/h1-9H,10-12H2,(H,17,18). The first-order valence-electron chi connectivity index (χ1n) is 6.52. The molecule has 5 heteroatoms. The lowest BCUT2D eigenvalue weighted by Crippen LogP contribution is -2.09. The van der Waals surface area contributed by atoms with Gasteiger partial charge in [0.1, 0.15) is 12.4 Å². The van der Waals surface area contributed by atoms with Crippen LogP contribution in [0.2, 0.25) is 0 Å². The first-order chi connectivity index (χ1) is 10.1. The Balaban J connectivity index is 1.84. The number of carboxylic acids is 1. The largest absolute Gasteiger partial charge is 0.493 e. The fourth-order valence-electron chi connectivity index (χ4n) is 1.80. The maximum atomic E-state index is 12.1. The van der Waals surface area contributed by atoms with Crippen molar-refractivity contribution in [2.75, 3.05) is 12.4 Å². The summed E-state index contributed by atoms with van der Waals surface area (Å²) >= 11 is 0. The van der Waals surface area contributed by atoms with Crippen LogP contribution in [-0.4, -0.2) is 27.6 Å². The highest BCUT2D eigenvalue weighted by atomic mass is 32.2. The van der Waals surface area contributed by atoms with Crippen molar-refractivity contribution in [2.24, 2.45) is 0 Å². The lowest BCUT2D eigenvalue weighted by atomic mass is 10.2. The molecule has 1 N–H and O–H groups in total. The Morgan fingerprint density at radius 1 is 1.05 bits per heavy atom. The van der Waals surface area contributed by atoms with Crippen LogP contribution in [0.3, 0.4) is 0 Å². The van der Waals surface area contributed by atoms with Gasteiger partial charge in [0.05, 0.1) is 23.0 Å². The zero-order valence-electron chi connectivity index (χ0n) is 11.4. The minimum absolute atomic E-state index is 0.0238. The van der Waals surface area contributed by atoms with Crippen LogP contribution in [0, 0.1) is 0 Å². The van der Waals surface area contributed by atoms with Gasteiger partial charge in [-0.25, -0.2) is 0 Å². The molecule has 0 aliphatic rings. The molecule has 2 aromatic rings. The monoisotopic (exact) mass is 304 g/mol. The average molecular weight is 304 g/mol. The van der Waals surface area contributed by atoms with Gasteiger partial charge in [0.15, 0.2) is 0 Å². The van der Waals surface area contributed by atoms with Gasteiger partial charge in [-0.1, -0.05) is 30.3 Å². The van der Waals surface area contributed by atoms with Crippen LogP contribution in [0.5, 0.6) is 5.75 Å². The summed E-state index contributed by atoms with van der Waals surface area (Å²) < 4.78 is 17.6. The number of hydrogen-bond donors (Lipinski definition) is 1. The van der Waals surface area contributed by atoms with Gasteiger partial charge in [-0.05, 0) is 29.8 Å². The lowest BCUT2D eigenvalue weighted by molar-refractivity contribution is -0.136. The quantitative estimate of drug-likeness (QED) is 0.853. The van der Waals surface area contributed by atoms with Gasteiger partial charge in [0, 0.05) is 4.90 Å². The predicted octanol–water partition coefficient (Wildman–Crippen LogP) is 2.50. The Morgan fingerprint density at radius 2 is 1.71 bits per heavy atom. The Bertz CT molecular complexity index is 608. The van der Waals surface area contributed by atoms with Crippen molar-refractivity contribution < 1.29 is 18.8 Å². The highest BCUT2D eigenvalue weighted by Gasteiger charge is 2.06. The SMILES string of the molecule is O=C(O)Cc1ccc(S(=O)CCOc2ccccc2)cc1. The Morgan fingerprint density at radius 3 is 2.33 bits per heavy atom. The first-order valence-corrected chi connectivity index (χ1v) is 7.84. The van der Waals surface area contributed by atoms with Crippen LogP contribution in [0.1, 0.15) is 5.56 Å². The maximum Gasteiger partial charge on any atom is 0.307 e. The molecule has 0 aromatic heterocycles. The van der Waals surface area contributed by atoms with Crippen LogP contribution in [0.15, 0.2) is 59.5 Å². The average Bonchev–Trinajstić information content (AvgIpc) is 2.48. The number of carbonyl (C=O) groups is 1. The molecule has 0 saturated carbocycles. The maximum absolute atomic E-state index is 12.1. The van der Waals surface area contributed by atoms with Crippen LogP contribution in [-0.2, 0) is 22.0 Å². The number of hydrogen-bond acceptors (Lipinski definition) is 3. The summed E-state index contributed by atoms with van der Waals surface area (Å²) in [6, 6.07) is 16.2. The van der Waals surface area contributed by atoms with E-state index in [9.17, 15) is 9.00 Å². The smallest absolute Gasteiger partial charge is 0.307 e. The number of carboxylic acid groups (broad SMARTS) is 1. The van der Waals surface area contributed by atoms with Gasteiger partial charge in [0.25, 0.3) is 0 Å². The van der Waals surface area contributed by atoms with E-state index in [-0.39, 0.29) is 6.42 Å². The summed E-state index contributed by atoms with van der Waals surface area (Å²) in [5.41, 5.74) is 0.698. The summed E-state index contributed by atoms with van der Waals surface area (Å²) in [6.07, 6.45) is -0.0238. The van der Waals surface area contributed by atoms with E-state index in [0.717, 1.165) is 5.75 Å². The predicted molar refractivity (Wildman–Crippen MR) is 81.0 cm³/mol. The van der Waals surface area contributed by atoms with Crippen molar-refractivity contribution in [2.45, 2.75) is 11.3 Å². The third kappa shape index (κ3) is 5.04. The molecule has 0 saturated heterocycles. The topological polar surface area (TPSA) is 63.6 Å². The molecule has 0 spiro atoms. The molecule has 0 aliphatic carbocycles. The molecule has 2 aromatic carbocycles. The number of aliphatic carboxylic acids is 1. The molecule has 1 atom stereocenters. The summed E-state index contributed by atoms with van der Waals surface area (Å²) in [4.78, 5) is 11.3. The molecule has 21 heavy (non-hydrogen) atoms. The van der Waals surface area contributed by atoms with E-state index >= 15 is 0 Å². The van der Waals surface area contributed by atoms with E-state index in [1.165, 1.54) is 0 Å². The molecular weight excluding hydrogens is 288 g/mol. The summed E-state index contributed by atoms with van der Waals surface area (Å²) in [6.45, 7) is 0.369. The van der Waals surface area contributed by atoms with Crippen LogP contribution in [0.25, 0.3) is 0 Å². The molecule has 110 valence electrons. The molecule has 0 amide bonds. The molecule has 0 radical (unpaired) electrons. The fourth-order valence-corrected chi connectivity index (χ4v) is 2.71. The molecule has 0 bridgehead atoms. The van der Waals surface area contributed by atoms with Crippen LogP contribution >= 0.6 is 0 Å². The second-order valence-corrected chi connectivity index (χ2v) is 6.00. The molecule has 1 unspecified atom stereocenters. The van der Waals surface area contributed by atoms with Gasteiger partial charge in [0.2, 0.25) is 0 Å². The van der Waals surface area contributed by atoms with E-state index in [1.54, 1.807) is 24.3 Å². The van der Waals surface area contributed by atoms with Crippen molar-refractivity contribution >= 4 is 16.8 Å². The third-order valence-corrected chi connectivity index (χ3v) is 4.16. The highest BCUT2D eigenvalue weighted by molar-refractivity contribution is 7.85. The van der Waals surface area contributed by atoms with E-state index in [0.29, 0.717) is 22.8 Å². The van der Waals surface area contributed by atoms with E-state index < -0.39 is 16.8 Å². The summed E-state index contributed by atoms with van der Waals surface area (Å²) in [5, 5.41) is 8.69. The molecule has 4 nitrogen and oxygen atoms in total. The summed E-state index contributed by atoms with van der Waals surface area (Å²) in [5.74, 6) is 0.277. The van der Waals surface area contributed by atoms with Gasteiger partial charge in [-0.2, -0.15) is 0 Å². The van der Waals surface area contributed by atoms with E-state index in [1.807, 2.05) is 30.3 Å². The second-order valence-electron chi connectivity index (χ2n) is 4.43. The van der Waals surface area contributed by atoms with Gasteiger partial charge in [-0.15, -0.1) is 0 Å². The van der Waals surface area contributed by atoms with Crippen molar-refractivity contribution in [1.82, 2.24) is 0 Å². The molecule has 2 rings (SSSR count). The van der Waals surface area contributed by atoms with Crippen LogP contribution in [0.4, 0.5) is 0 Å². The molecule has 0 fully saturated rings. The zero-order valence-corrected chi connectivity index (χ0v) is 12.2. The Labute approximate surface area is 125 Å². The Hall–Kier alpha value is -2.14. The van der Waals surface area contributed by atoms with E-state index in [2.05, 4.69) is 0 Å². The van der Waals surface area contributed by atoms with Crippen molar-refractivity contribution in [3.05, 3.63) is 60.2 Å². The first kappa shape index (κ1) is 15.3. The normalized spacial score (nSPS) is 11.8. The zero-order chi connectivity index (χ0) is 15.1. The van der Waals surface area contributed by atoms with Crippen molar-refractivity contribution in [3.8, 4) is 5.75 Å². The molecular formula is C16H16O4S. The number of benzene rings is 2. The fraction of sp³-hybridized carbons (Fsp3) is 0.188. The lowest BCUT2D eigenvalue weighted by Gasteiger charge is -2.06. The third-order valence-electron chi connectivity index (χ3n) is 2.82. The van der Waals surface area contributed by atoms with E-state index in [4.69, 9.17) is 9.84 Å². The summed E-state index contributed by atoms with van der Waals surface area (Å²) in [7, 11) is -1.15. The van der Waals surface area contributed by atoms with Gasteiger partial charge >= 0.3 is 5.97 Å². The molecule has 0 heterocycles. The van der Waals surface area contributed by atoms with Gasteiger partial charge < -0.3 is 9.84 Å². The number of para-hydroxylation sites is 1.